The van der Waals surface area contributed by atoms with Crippen molar-refractivity contribution >= 4 is 30.1 Å². The number of hydrogen-bond acceptors (Lipinski definition) is 9. The molecule has 6 N–H and O–H groups in total. The molecule has 3 atom stereocenters. The summed E-state index contributed by atoms with van der Waals surface area (Å²) in [5.41, 5.74) is 22.5. The quantitative estimate of drug-likeness (QED) is 0.0813. The van der Waals surface area contributed by atoms with Crippen molar-refractivity contribution in [3.8, 4) is 17.2 Å². The predicted molar refractivity (Wildman–Crippen MR) is 193 cm³/mol. The molecule has 5 aromatic rings. The summed E-state index contributed by atoms with van der Waals surface area (Å²) in [5.74, 6) is -1.15. The van der Waals surface area contributed by atoms with Gasteiger partial charge in [0.2, 0.25) is 0 Å². The Kier molecular flexibility index (Phi) is 12.4. The second-order valence-electron chi connectivity index (χ2n) is 11.8. The Morgan fingerprint density at radius 2 is 0.780 bits per heavy atom. The van der Waals surface area contributed by atoms with Gasteiger partial charge in [0.1, 0.15) is 35.4 Å². The molecule has 0 aliphatic heterocycles. The lowest BCUT2D eigenvalue weighted by atomic mass is 10.1. The lowest BCUT2D eigenvalue weighted by Crippen LogP contribution is -2.36. The number of ether oxygens (including phenoxy) is 3. The van der Waals surface area contributed by atoms with Crippen LogP contribution in [0.25, 0.3) is 12.2 Å². The van der Waals surface area contributed by atoms with Crippen LogP contribution < -0.4 is 31.4 Å². The lowest BCUT2D eigenvalue weighted by Gasteiger charge is -2.15. The van der Waals surface area contributed by atoms with Crippen molar-refractivity contribution in [3.05, 3.63) is 161 Å². The van der Waals surface area contributed by atoms with Crippen molar-refractivity contribution in [2.75, 3.05) is 0 Å². The highest BCUT2D eigenvalue weighted by Crippen LogP contribution is 2.26. The fourth-order valence-electron chi connectivity index (χ4n) is 5.08. The molecular weight excluding hydrogens is 630 g/mol. The topological polar surface area (TPSA) is 157 Å². The number of hydrogen-bond donors (Lipinski definition) is 3. The number of rotatable bonds is 14. The highest BCUT2D eigenvalue weighted by atomic mass is 16.5. The Hall–Kier alpha value is -5.87. The highest BCUT2D eigenvalue weighted by molar-refractivity contribution is 5.81. The van der Waals surface area contributed by atoms with Crippen molar-refractivity contribution in [2.24, 2.45) is 17.2 Å². The molecule has 0 saturated heterocycles. The smallest absolute Gasteiger partial charge is 0.328 e. The van der Waals surface area contributed by atoms with Gasteiger partial charge in [0.15, 0.2) is 0 Å². The van der Waals surface area contributed by atoms with E-state index in [4.69, 9.17) is 31.4 Å². The van der Waals surface area contributed by atoms with E-state index in [0.29, 0.717) is 30.6 Å². The van der Waals surface area contributed by atoms with Crippen LogP contribution in [0, 0.1) is 0 Å². The Balaban J connectivity index is 1.28. The molecule has 0 bridgehead atoms. The van der Waals surface area contributed by atoms with Gasteiger partial charge >= 0.3 is 17.9 Å². The summed E-state index contributed by atoms with van der Waals surface area (Å²) in [4.78, 5) is 38.5. The van der Waals surface area contributed by atoms with Gasteiger partial charge in [0, 0.05) is 6.07 Å². The van der Waals surface area contributed by atoms with E-state index in [1.807, 2.05) is 97.1 Å². The number of carbonyl (C=O) groups is 3. The number of carbonyl (C=O) groups excluding carboxylic acids is 3. The SMILES string of the molecule is N[C@@H](Cc1ccccc1)C(=O)Oc1ccc(C=Cc2cc(OC(=O)[C@@H](N)Cc3ccccc3)cc(OC(=O)[C@@H](N)Cc3ccccc3)c2)cc1. The van der Waals surface area contributed by atoms with E-state index in [9.17, 15) is 14.4 Å². The van der Waals surface area contributed by atoms with E-state index in [1.54, 1.807) is 42.5 Å². The van der Waals surface area contributed by atoms with E-state index >= 15 is 0 Å². The molecule has 0 radical (unpaired) electrons. The Morgan fingerprint density at radius 1 is 0.440 bits per heavy atom. The second-order valence-corrected chi connectivity index (χ2v) is 11.8. The van der Waals surface area contributed by atoms with Crippen LogP contribution in [0.2, 0.25) is 0 Å². The van der Waals surface area contributed by atoms with Crippen molar-refractivity contribution < 1.29 is 28.6 Å². The average Bonchev–Trinajstić information content (AvgIpc) is 3.12. The zero-order chi connectivity index (χ0) is 35.3. The van der Waals surface area contributed by atoms with Crippen LogP contribution in [0.3, 0.4) is 0 Å². The minimum Gasteiger partial charge on any atom is -0.425 e. The van der Waals surface area contributed by atoms with Gasteiger partial charge in [0.05, 0.1) is 0 Å². The van der Waals surface area contributed by atoms with Crippen molar-refractivity contribution in [3.63, 3.8) is 0 Å². The molecule has 50 heavy (non-hydrogen) atoms. The summed E-state index contributed by atoms with van der Waals surface area (Å²) in [6, 6.07) is 37.2. The third-order valence-corrected chi connectivity index (χ3v) is 7.71. The minimum absolute atomic E-state index is 0.147. The first kappa shape index (κ1) is 35.4. The van der Waals surface area contributed by atoms with Crippen LogP contribution in [0.15, 0.2) is 133 Å². The monoisotopic (exact) mass is 669 g/mol. The third-order valence-electron chi connectivity index (χ3n) is 7.71. The van der Waals surface area contributed by atoms with E-state index in [0.717, 1.165) is 22.3 Å². The fourth-order valence-corrected chi connectivity index (χ4v) is 5.08. The summed E-state index contributed by atoms with van der Waals surface area (Å²) in [5, 5.41) is 0. The van der Waals surface area contributed by atoms with Crippen molar-refractivity contribution in [1.29, 1.82) is 0 Å². The standard InChI is InChI=1S/C41H39N3O6/c42-36(24-29-10-4-1-5-11-29)39(45)48-33-20-18-28(19-21-33)16-17-32-22-34(49-40(46)37(43)25-30-12-6-2-7-13-30)27-35(23-32)50-41(47)38(44)26-31-14-8-3-9-15-31/h1-23,27,36-38H,24-26,42-44H2/t36-,37-,38-/m0/s1. The Morgan fingerprint density at radius 3 is 1.16 bits per heavy atom. The van der Waals surface area contributed by atoms with Crippen LogP contribution >= 0.6 is 0 Å². The zero-order valence-electron chi connectivity index (χ0n) is 27.4. The summed E-state index contributed by atoms with van der Waals surface area (Å²) < 4.78 is 16.8. The second kappa shape index (κ2) is 17.5. The molecule has 0 heterocycles. The van der Waals surface area contributed by atoms with Crippen molar-refractivity contribution in [2.45, 2.75) is 37.4 Å². The van der Waals surface area contributed by atoms with Crippen LogP contribution in [0.1, 0.15) is 27.8 Å². The molecule has 9 heteroatoms. The molecule has 0 spiro atoms. The summed E-state index contributed by atoms with van der Waals surface area (Å²) >= 11 is 0. The largest absolute Gasteiger partial charge is 0.425 e. The van der Waals surface area contributed by atoms with Gasteiger partial charge in [-0.1, -0.05) is 115 Å². The first-order chi connectivity index (χ1) is 24.2. The first-order valence-corrected chi connectivity index (χ1v) is 16.2. The molecule has 0 saturated carbocycles. The molecule has 0 amide bonds. The third kappa shape index (κ3) is 10.8. The Labute approximate surface area is 291 Å². The van der Waals surface area contributed by atoms with Gasteiger partial charge in [-0.3, -0.25) is 0 Å². The van der Waals surface area contributed by atoms with Crippen LogP contribution in [-0.4, -0.2) is 36.0 Å². The van der Waals surface area contributed by atoms with E-state index in [2.05, 4.69) is 0 Å². The molecule has 9 nitrogen and oxygen atoms in total. The van der Waals surface area contributed by atoms with E-state index in [-0.39, 0.29) is 11.5 Å². The van der Waals surface area contributed by atoms with Gasteiger partial charge < -0.3 is 31.4 Å². The first-order valence-electron chi connectivity index (χ1n) is 16.2. The predicted octanol–water partition coefficient (Wildman–Crippen LogP) is 5.28. The normalized spacial score (nSPS) is 12.9. The zero-order valence-corrected chi connectivity index (χ0v) is 27.4. The molecule has 5 rings (SSSR count). The fraction of sp³-hybridized carbons (Fsp3) is 0.146. The molecule has 0 aromatic heterocycles. The lowest BCUT2D eigenvalue weighted by molar-refractivity contribution is -0.136. The maximum Gasteiger partial charge on any atom is 0.328 e. The average molecular weight is 670 g/mol. The van der Waals surface area contributed by atoms with E-state index < -0.39 is 36.0 Å². The van der Waals surface area contributed by atoms with Gasteiger partial charge in [-0.05, 0) is 71.3 Å². The molecule has 0 aliphatic carbocycles. The van der Waals surface area contributed by atoms with Crippen molar-refractivity contribution in [1.82, 2.24) is 0 Å². The summed E-state index contributed by atoms with van der Waals surface area (Å²) in [6.45, 7) is 0. The maximum absolute atomic E-state index is 13.0. The molecule has 5 aromatic carbocycles. The van der Waals surface area contributed by atoms with Gasteiger partial charge in [-0.2, -0.15) is 0 Å². The molecular formula is C41H39N3O6. The van der Waals surface area contributed by atoms with Gasteiger partial charge in [-0.25, -0.2) is 14.4 Å². The maximum atomic E-state index is 13.0. The summed E-state index contributed by atoms with van der Waals surface area (Å²) in [7, 11) is 0. The molecule has 0 fully saturated rings. The summed E-state index contributed by atoms with van der Waals surface area (Å²) in [6.07, 6.45) is 4.52. The molecule has 0 aliphatic rings. The number of benzene rings is 5. The highest BCUT2D eigenvalue weighted by Gasteiger charge is 2.20. The van der Waals surface area contributed by atoms with Crippen LogP contribution in [-0.2, 0) is 33.6 Å². The number of nitrogens with two attached hydrogens (primary N) is 3. The van der Waals surface area contributed by atoms with Gasteiger partial charge in [0.25, 0.3) is 0 Å². The van der Waals surface area contributed by atoms with Crippen LogP contribution in [0.4, 0.5) is 0 Å². The number of esters is 3. The van der Waals surface area contributed by atoms with Gasteiger partial charge in [-0.15, -0.1) is 0 Å². The van der Waals surface area contributed by atoms with Crippen LogP contribution in [0.5, 0.6) is 17.2 Å². The molecule has 254 valence electrons. The molecule has 0 unspecified atom stereocenters. The van der Waals surface area contributed by atoms with E-state index in [1.165, 1.54) is 6.07 Å². The Bertz CT molecular complexity index is 1820. The minimum atomic E-state index is -0.914.